The largest absolute Gasteiger partial charge is 0.474 e. The fourth-order valence-electron chi connectivity index (χ4n) is 3.29. The van der Waals surface area contributed by atoms with Gasteiger partial charge in [-0.15, -0.1) is 0 Å². The van der Waals surface area contributed by atoms with Crippen molar-refractivity contribution < 1.29 is 37.7 Å². The van der Waals surface area contributed by atoms with E-state index in [-0.39, 0.29) is 48.2 Å². The lowest BCUT2D eigenvalue weighted by Gasteiger charge is -2.05. The van der Waals surface area contributed by atoms with E-state index in [4.69, 9.17) is 23.4 Å². The fraction of sp³-hybridized carbons (Fsp3) is 0.286. The molecule has 2 unspecified atom stereocenters. The second-order valence-corrected chi connectivity index (χ2v) is 8.21. The Balaban J connectivity index is 1.36. The van der Waals surface area contributed by atoms with Crippen LogP contribution in [0.4, 0.5) is 0 Å². The van der Waals surface area contributed by atoms with Crippen LogP contribution in [0.3, 0.4) is 0 Å². The Morgan fingerprint density at radius 2 is 1.51 bits per heavy atom. The number of aromatic nitrogens is 3. The number of carbonyl (C=O) groups excluding carboxylic acids is 2. The van der Waals surface area contributed by atoms with E-state index in [9.17, 15) is 9.59 Å². The third kappa shape index (κ3) is 4.57. The van der Waals surface area contributed by atoms with Crippen LogP contribution < -0.4 is 0 Å². The molecule has 0 aliphatic carbocycles. The van der Waals surface area contributed by atoms with E-state index in [0.717, 1.165) is 0 Å². The Kier molecular flexibility index (Phi) is 6.13. The van der Waals surface area contributed by atoms with Crippen molar-refractivity contribution >= 4 is 39.5 Å². The Hall–Kier alpha value is -3.91. The number of oxazole rings is 2. The van der Waals surface area contributed by atoms with Crippen LogP contribution in [-0.4, -0.2) is 70.5 Å². The molecule has 0 saturated carbocycles. The Labute approximate surface area is 205 Å². The van der Waals surface area contributed by atoms with Gasteiger partial charge in [0, 0.05) is 4.47 Å². The van der Waals surface area contributed by atoms with Gasteiger partial charge in [0.05, 0.1) is 7.11 Å². The van der Waals surface area contributed by atoms with Gasteiger partial charge in [0.2, 0.25) is 29.4 Å². The van der Waals surface area contributed by atoms with Gasteiger partial charge >= 0.3 is 5.97 Å². The van der Waals surface area contributed by atoms with E-state index in [1.165, 1.54) is 19.6 Å². The highest BCUT2D eigenvalue weighted by molar-refractivity contribution is 9.10. The van der Waals surface area contributed by atoms with Crippen molar-refractivity contribution in [3.05, 3.63) is 63.7 Å². The standard InChI is InChI=1S/C21H16BrN5O8/c1-31-21(30)15-8-35-20(27-15)14-7-34-18(26-14)11-3-9(22)2-10(23-11)17-25-13(6-33-17)19-24-12(5-32-19)16(29)4-28/h2-3,5,8,13-14,28H,4,6-7H2,1H3. The topological polar surface area (TPSA) is 172 Å². The number of rotatable bonds is 7. The maximum Gasteiger partial charge on any atom is 0.360 e. The number of aliphatic hydroxyl groups is 1. The molecule has 0 amide bonds. The summed E-state index contributed by atoms with van der Waals surface area (Å²) in [6.07, 6.45) is 2.37. The van der Waals surface area contributed by atoms with Crippen LogP contribution in [0.1, 0.15) is 56.2 Å². The van der Waals surface area contributed by atoms with Gasteiger partial charge in [-0.25, -0.2) is 29.7 Å². The zero-order valence-electron chi connectivity index (χ0n) is 18.0. The number of aliphatic hydroxyl groups excluding tert-OH is 1. The number of ether oxygens (including phenoxy) is 3. The molecule has 0 radical (unpaired) electrons. The molecule has 0 spiro atoms. The molecule has 14 heteroatoms. The van der Waals surface area contributed by atoms with E-state index in [1.54, 1.807) is 12.1 Å². The number of Topliss-reactive ketones (excluding diaryl/α,β-unsaturated/α-hetero) is 1. The number of hydrogen-bond acceptors (Lipinski definition) is 13. The normalized spacial score (nSPS) is 19.1. The Bertz CT molecular complexity index is 1260. The molecule has 1 N–H and O–H groups in total. The maximum atomic E-state index is 11.6. The van der Waals surface area contributed by atoms with Crippen LogP contribution in [-0.2, 0) is 14.2 Å². The second kappa shape index (κ2) is 9.38. The number of halogens is 1. The maximum absolute atomic E-state index is 11.6. The molecule has 3 aromatic rings. The molecule has 2 atom stereocenters. The smallest absolute Gasteiger partial charge is 0.360 e. The van der Waals surface area contributed by atoms with Gasteiger partial charge in [0.15, 0.2) is 17.8 Å². The summed E-state index contributed by atoms with van der Waals surface area (Å²) < 4.78 is 27.3. The predicted molar refractivity (Wildman–Crippen MR) is 118 cm³/mol. The number of pyridine rings is 1. The van der Waals surface area contributed by atoms with Crippen molar-refractivity contribution in [2.75, 3.05) is 26.9 Å². The zero-order chi connectivity index (χ0) is 24.5. The number of ketones is 1. The summed E-state index contributed by atoms with van der Waals surface area (Å²) in [5, 5.41) is 8.97. The highest BCUT2D eigenvalue weighted by atomic mass is 79.9. The molecular weight excluding hydrogens is 530 g/mol. The minimum absolute atomic E-state index is 0.0183. The molecule has 0 fully saturated rings. The zero-order valence-corrected chi connectivity index (χ0v) is 19.6. The summed E-state index contributed by atoms with van der Waals surface area (Å²) >= 11 is 3.45. The van der Waals surface area contributed by atoms with Crippen LogP contribution in [0.2, 0.25) is 0 Å². The van der Waals surface area contributed by atoms with E-state index < -0.39 is 30.4 Å². The van der Waals surface area contributed by atoms with E-state index in [1.807, 2.05) is 0 Å². The molecule has 13 nitrogen and oxygen atoms in total. The number of methoxy groups -OCH3 is 1. The number of hydrogen-bond donors (Lipinski definition) is 1. The Morgan fingerprint density at radius 1 is 0.971 bits per heavy atom. The van der Waals surface area contributed by atoms with Crippen molar-refractivity contribution in [1.82, 2.24) is 15.0 Å². The molecule has 0 saturated heterocycles. The summed E-state index contributed by atoms with van der Waals surface area (Å²) in [5.74, 6) is -0.259. The first kappa shape index (κ1) is 22.9. The lowest BCUT2D eigenvalue weighted by atomic mass is 10.3. The molecule has 2 aliphatic heterocycles. The first-order valence-corrected chi connectivity index (χ1v) is 11.0. The van der Waals surface area contributed by atoms with Crippen LogP contribution >= 0.6 is 15.9 Å². The highest BCUT2D eigenvalue weighted by Crippen LogP contribution is 2.28. The molecule has 0 bridgehead atoms. The molecule has 35 heavy (non-hydrogen) atoms. The molecule has 5 heterocycles. The van der Waals surface area contributed by atoms with Crippen LogP contribution in [0.5, 0.6) is 0 Å². The van der Waals surface area contributed by atoms with E-state index in [0.29, 0.717) is 15.9 Å². The van der Waals surface area contributed by atoms with Crippen molar-refractivity contribution in [3.8, 4) is 0 Å². The summed E-state index contributed by atoms with van der Waals surface area (Å²) in [5.41, 5.74) is 0.885. The van der Waals surface area contributed by atoms with Crippen molar-refractivity contribution in [1.29, 1.82) is 0 Å². The molecule has 0 aromatic carbocycles. The summed E-state index contributed by atoms with van der Waals surface area (Å²) in [6.45, 7) is -0.376. The average molecular weight is 546 g/mol. The third-order valence-electron chi connectivity index (χ3n) is 4.97. The first-order chi connectivity index (χ1) is 16.9. The van der Waals surface area contributed by atoms with Gasteiger partial charge in [0.25, 0.3) is 0 Å². The van der Waals surface area contributed by atoms with E-state index >= 15 is 0 Å². The average Bonchev–Trinajstić information content (AvgIpc) is 3.68. The van der Waals surface area contributed by atoms with Gasteiger partial charge in [0.1, 0.15) is 49.4 Å². The Morgan fingerprint density at radius 3 is 2.06 bits per heavy atom. The number of carbonyl (C=O) groups is 2. The lowest BCUT2D eigenvalue weighted by Crippen LogP contribution is -2.10. The summed E-state index contributed by atoms with van der Waals surface area (Å²) in [4.78, 5) is 44.8. The number of aliphatic imine (C=N–C) groups is 2. The molecule has 2 aliphatic rings. The fourth-order valence-corrected chi connectivity index (χ4v) is 3.72. The van der Waals surface area contributed by atoms with E-state index in [2.05, 4.69) is 45.6 Å². The molecule has 180 valence electrons. The minimum atomic E-state index is -0.665. The van der Waals surface area contributed by atoms with Gasteiger partial charge in [-0.1, -0.05) is 15.9 Å². The van der Waals surface area contributed by atoms with Crippen molar-refractivity contribution in [2.45, 2.75) is 12.1 Å². The summed E-state index contributed by atoms with van der Waals surface area (Å²) in [6, 6.07) is 2.30. The summed E-state index contributed by atoms with van der Waals surface area (Å²) in [7, 11) is 1.25. The first-order valence-electron chi connectivity index (χ1n) is 10.2. The van der Waals surface area contributed by atoms with Gasteiger partial charge in [-0.2, -0.15) is 0 Å². The SMILES string of the molecule is COC(=O)c1coc(C2COC(c3cc(Br)cc(C4=NC(c5nc(C(=O)CO)co5)CO4)n3)=N2)n1. The van der Waals surface area contributed by atoms with Crippen LogP contribution in [0.25, 0.3) is 0 Å². The predicted octanol–water partition coefficient (Wildman–Crippen LogP) is 1.82. The highest BCUT2D eigenvalue weighted by Gasteiger charge is 2.30. The van der Waals surface area contributed by atoms with Crippen LogP contribution in [0, 0.1) is 0 Å². The quantitative estimate of drug-likeness (QED) is 0.338. The van der Waals surface area contributed by atoms with Crippen molar-refractivity contribution in [3.63, 3.8) is 0 Å². The number of esters is 1. The van der Waals surface area contributed by atoms with Gasteiger partial charge in [-0.3, -0.25) is 4.79 Å². The number of nitrogens with zero attached hydrogens (tertiary/aromatic N) is 5. The van der Waals surface area contributed by atoms with Gasteiger partial charge < -0.3 is 28.2 Å². The molecule has 5 rings (SSSR count). The minimum Gasteiger partial charge on any atom is -0.474 e. The molecule has 3 aromatic heterocycles. The van der Waals surface area contributed by atoms with Gasteiger partial charge in [-0.05, 0) is 12.1 Å². The second-order valence-electron chi connectivity index (χ2n) is 7.29. The lowest BCUT2D eigenvalue weighted by molar-refractivity contribution is 0.0593. The van der Waals surface area contributed by atoms with Crippen molar-refractivity contribution in [2.24, 2.45) is 9.98 Å². The van der Waals surface area contributed by atoms with Crippen LogP contribution in [0.15, 0.2) is 48.0 Å². The monoisotopic (exact) mass is 545 g/mol. The molecular formula is C21H16BrN5O8. The third-order valence-corrected chi connectivity index (χ3v) is 5.43.